The highest BCUT2D eigenvalue weighted by atomic mass is 16.5. The van der Waals surface area contributed by atoms with Gasteiger partial charge in [-0.05, 0) is 0 Å². The summed E-state index contributed by atoms with van der Waals surface area (Å²) in [4.78, 5) is 10.4. The molecule has 0 unspecified atom stereocenters. The molecule has 1 fully saturated rings. The van der Waals surface area contributed by atoms with Crippen LogP contribution in [0.15, 0.2) is 5.16 Å². The number of Topliss-reactive ketones (excluding diaryl/α,β-unsaturated/α-hetero) is 1. The quantitative estimate of drug-likeness (QED) is 0.339. The Morgan fingerprint density at radius 2 is 2.38 bits per heavy atom. The molecule has 0 spiro atoms. The van der Waals surface area contributed by atoms with Gasteiger partial charge in [-0.15, -0.1) is 0 Å². The lowest BCUT2D eigenvalue weighted by atomic mass is 10.3. The molecule has 4 heteroatoms. The Hall–Kier alpha value is -0.900. The Labute approximate surface area is 45.7 Å². The number of carbonyl (C=O) groups excluding carboxylic acids is 1. The van der Waals surface area contributed by atoms with Crippen LogP contribution >= 0.6 is 0 Å². The minimum Gasteiger partial charge on any atom is -0.410 e. The van der Waals surface area contributed by atoms with Crippen molar-refractivity contribution in [3.05, 3.63) is 0 Å². The topological polar surface area (TPSA) is 58.9 Å². The Morgan fingerprint density at radius 1 is 1.62 bits per heavy atom. The first-order chi connectivity index (χ1) is 3.84. The van der Waals surface area contributed by atoms with Crippen LogP contribution in [-0.2, 0) is 9.53 Å². The fraction of sp³-hybridized carbons (Fsp3) is 0.500. The first kappa shape index (κ1) is 5.24. The molecule has 0 atom stereocenters. The summed E-state index contributed by atoms with van der Waals surface area (Å²) < 4.78 is 4.62. The van der Waals surface area contributed by atoms with E-state index in [4.69, 9.17) is 5.21 Å². The van der Waals surface area contributed by atoms with Crippen molar-refractivity contribution >= 4 is 11.5 Å². The summed E-state index contributed by atoms with van der Waals surface area (Å²) in [5.41, 5.74) is 0.116. The molecule has 0 bridgehead atoms. The van der Waals surface area contributed by atoms with Crippen molar-refractivity contribution in [1.29, 1.82) is 0 Å². The third-order valence-corrected chi connectivity index (χ3v) is 0.915. The molecule has 8 heavy (non-hydrogen) atoms. The molecule has 0 aliphatic carbocycles. The van der Waals surface area contributed by atoms with Crippen LogP contribution in [-0.4, -0.2) is 29.9 Å². The van der Waals surface area contributed by atoms with Crippen LogP contribution in [0.3, 0.4) is 0 Å². The van der Waals surface area contributed by atoms with Gasteiger partial charge in [0.15, 0.2) is 5.71 Å². The number of ketones is 1. The molecular formula is C4H5NO3. The monoisotopic (exact) mass is 115 g/mol. The predicted octanol–water partition coefficient (Wildman–Crippen LogP) is -0.584. The maximum absolute atomic E-state index is 10.4. The maximum Gasteiger partial charge on any atom is 0.208 e. The van der Waals surface area contributed by atoms with E-state index in [1.54, 1.807) is 0 Å². The standard InChI is InChI=1S/C4H5NO3/c6-4-2-8-1-3(4)5-7/h7H,1-2H2/b5-3+. The van der Waals surface area contributed by atoms with Gasteiger partial charge >= 0.3 is 0 Å². The predicted molar refractivity (Wildman–Crippen MR) is 25.0 cm³/mol. The Morgan fingerprint density at radius 3 is 2.62 bits per heavy atom. The second-order valence-corrected chi connectivity index (χ2v) is 1.46. The lowest BCUT2D eigenvalue weighted by Crippen LogP contribution is -2.08. The van der Waals surface area contributed by atoms with Crippen molar-refractivity contribution in [2.75, 3.05) is 13.2 Å². The highest BCUT2D eigenvalue weighted by Gasteiger charge is 2.19. The van der Waals surface area contributed by atoms with Gasteiger partial charge in [-0.2, -0.15) is 0 Å². The van der Waals surface area contributed by atoms with Crippen molar-refractivity contribution in [3.8, 4) is 0 Å². The van der Waals surface area contributed by atoms with Gasteiger partial charge in [0, 0.05) is 0 Å². The zero-order valence-corrected chi connectivity index (χ0v) is 4.13. The van der Waals surface area contributed by atoms with Crippen molar-refractivity contribution in [3.63, 3.8) is 0 Å². The lowest BCUT2D eigenvalue weighted by Gasteiger charge is -1.79. The van der Waals surface area contributed by atoms with Gasteiger partial charge in [-0.3, -0.25) is 4.79 Å². The van der Waals surface area contributed by atoms with Gasteiger partial charge in [0.25, 0.3) is 0 Å². The Balaban J connectivity index is 2.69. The molecular weight excluding hydrogens is 110 g/mol. The summed E-state index contributed by atoms with van der Waals surface area (Å²) in [5.74, 6) is -0.229. The summed E-state index contributed by atoms with van der Waals surface area (Å²) >= 11 is 0. The summed E-state index contributed by atoms with van der Waals surface area (Å²) in [5, 5.41) is 10.7. The molecule has 1 saturated heterocycles. The molecule has 1 rings (SSSR count). The van der Waals surface area contributed by atoms with Crippen LogP contribution in [0.5, 0.6) is 0 Å². The molecule has 0 radical (unpaired) electrons. The fourth-order valence-electron chi connectivity index (χ4n) is 0.489. The fourth-order valence-corrected chi connectivity index (χ4v) is 0.489. The zero-order valence-electron chi connectivity index (χ0n) is 4.13. The third kappa shape index (κ3) is 0.696. The van der Waals surface area contributed by atoms with E-state index < -0.39 is 0 Å². The molecule has 0 aromatic rings. The summed E-state index contributed by atoms with van der Waals surface area (Å²) in [6, 6.07) is 0. The van der Waals surface area contributed by atoms with E-state index >= 15 is 0 Å². The van der Waals surface area contributed by atoms with Gasteiger partial charge in [-0.25, -0.2) is 0 Å². The van der Waals surface area contributed by atoms with Crippen LogP contribution in [0.25, 0.3) is 0 Å². The molecule has 1 aliphatic heterocycles. The summed E-state index contributed by atoms with van der Waals surface area (Å²) in [7, 11) is 0. The maximum atomic E-state index is 10.4. The largest absolute Gasteiger partial charge is 0.410 e. The number of rotatable bonds is 0. The van der Waals surface area contributed by atoms with E-state index in [9.17, 15) is 4.79 Å². The second-order valence-electron chi connectivity index (χ2n) is 1.46. The van der Waals surface area contributed by atoms with Crippen molar-refractivity contribution in [1.82, 2.24) is 0 Å². The highest BCUT2D eigenvalue weighted by Crippen LogP contribution is 1.93. The van der Waals surface area contributed by atoms with Gasteiger partial charge in [0.1, 0.15) is 6.61 Å². The number of carbonyl (C=O) groups is 1. The number of hydrogen-bond acceptors (Lipinski definition) is 4. The molecule has 0 aromatic carbocycles. The Bertz CT molecular complexity index is 140. The first-order valence-electron chi connectivity index (χ1n) is 2.16. The molecule has 4 nitrogen and oxygen atoms in total. The van der Waals surface area contributed by atoms with Crippen LogP contribution in [0, 0.1) is 0 Å². The van der Waals surface area contributed by atoms with E-state index in [2.05, 4.69) is 9.89 Å². The third-order valence-electron chi connectivity index (χ3n) is 0.915. The van der Waals surface area contributed by atoms with E-state index in [0.29, 0.717) is 0 Å². The van der Waals surface area contributed by atoms with Crippen molar-refractivity contribution in [2.24, 2.45) is 5.16 Å². The first-order valence-corrected chi connectivity index (χ1v) is 2.16. The second kappa shape index (κ2) is 1.92. The molecule has 1 heterocycles. The Kier molecular flexibility index (Phi) is 1.26. The number of ether oxygens (including phenoxy) is 1. The van der Waals surface area contributed by atoms with Gasteiger partial charge in [0.2, 0.25) is 5.78 Å². The average molecular weight is 115 g/mol. The van der Waals surface area contributed by atoms with Gasteiger partial charge in [0.05, 0.1) is 6.61 Å². The summed E-state index contributed by atoms with van der Waals surface area (Å²) in [6.45, 7) is 0.203. The van der Waals surface area contributed by atoms with E-state index in [1.807, 2.05) is 0 Å². The minimum absolute atomic E-state index is 0.0550. The minimum atomic E-state index is -0.229. The zero-order chi connectivity index (χ0) is 5.98. The van der Waals surface area contributed by atoms with Gasteiger partial charge < -0.3 is 9.94 Å². The molecule has 1 aliphatic rings. The van der Waals surface area contributed by atoms with Gasteiger partial charge in [-0.1, -0.05) is 5.16 Å². The number of hydrogen-bond donors (Lipinski definition) is 1. The molecule has 0 saturated carbocycles. The molecule has 0 amide bonds. The van der Waals surface area contributed by atoms with Crippen LogP contribution in [0.1, 0.15) is 0 Å². The van der Waals surface area contributed by atoms with Crippen LogP contribution in [0.2, 0.25) is 0 Å². The molecule has 44 valence electrons. The summed E-state index contributed by atoms with van der Waals surface area (Å²) in [6.07, 6.45) is 0. The number of oxime groups is 1. The van der Waals surface area contributed by atoms with E-state index in [1.165, 1.54) is 0 Å². The smallest absolute Gasteiger partial charge is 0.208 e. The molecule has 0 aromatic heterocycles. The SMILES string of the molecule is O=C1COC/C1=N\O. The van der Waals surface area contributed by atoms with E-state index in [-0.39, 0.29) is 24.7 Å². The van der Waals surface area contributed by atoms with E-state index in [0.717, 1.165) is 0 Å². The lowest BCUT2D eigenvalue weighted by molar-refractivity contribution is -0.114. The van der Waals surface area contributed by atoms with Crippen LogP contribution < -0.4 is 0 Å². The highest BCUT2D eigenvalue weighted by molar-refractivity contribution is 6.42. The number of nitrogens with zero attached hydrogens (tertiary/aromatic N) is 1. The average Bonchev–Trinajstić information content (AvgIpc) is 2.14. The molecule has 1 N–H and O–H groups in total. The van der Waals surface area contributed by atoms with Crippen molar-refractivity contribution < 1.29 is 14.7 Å². The van der Waals surface area contributed by atoms with Crippen LogP contribution in [0.4, 0.5) is 0 Å². The van der Waals surface area contributed by atoms with Crippen molar-refractivity contribution in [2.45, 2.75) is 0 Å². The normalized spacial score (nSPS) is 25.0.